The maximum atomic E-state index is 11.9. The van der Waals surface area contributed by atoms with Crippen LogP contribution in [0, 0.1) is 6.92 Å². The molecule has 0 saturated carbocycles. The number of ether oxygens (including phenoxy) is 1. The van der Waals surface area contributed by atoms with Crippen LogP contribution >= 0.6 is 0 Å². The molecule has 0 aliphatic rings. The first kappa shape index (κ1) is 13.1. The summed E-state index contributed by atoms with van der Waals surface area (Å²) in [5, 5.41) is 0. The summed E-state index contributed by atoms with van der Waals surface area (Å²) in [6, 6.07) is 17.2. The van der Waals surface area contributed by atoms with Crippen LogP contribution in [0.4, 0.5) is 0 Å². The van der Waals surface area contributed by atoms with Crippen molar-refractivity contribution in [2.24, 2.45) is 0 Å². The van der Waals surface area contributed by atoms with Gasteiger partial charge < -0.3 is 4.74 Å². The SMILES string of the molecule is C=C(C(=O)OCc1ccccc1C)c1ccccc1. The van der Waals surface area contributed by atoms with Gasteiger partial charge in [0.05, 0.1) is 5.57 Å². The highest BCUT2D eigenvalue weighted by atomic mass is 16.5. The van der Waals surface area contributed by atoms with Crippen LogP contribution in [-0.4, -0.2) is 5.97 Å². The van der Waals surface area contributed by atoms with E-state index in [0.29, 0.717) is 5.57 Å². The average Bonchev–Trinajstić information content (AvgIpc) is 2.46. The van der Waals surface area contributed by atoms with Crippen molar-refractivity contribution in [3.8, 4) is 0 Å². The summed E-state index contributed by atoms with van der Waals surface area (Å²) in [6.45, 7) is 6.06. The molecule has 0 unspecified atom stereocenters. The summed E-state index contributed by atoms with van der Waals surface area (Å²) in [4.78, 5) is 11.9. The van der Waals surface area contributed by atoms with Gasteiger partial charge in [0, 0.05) is 0 Å². The van der Waals surface area contributed by atoms with Gasteiger partial charge in [-0.3, -0.25) is 0 Å². The Morgan fingerprint density at radius 2 is 1.68 bits per heavy atom. The van der Waals surface area contributed by atoms with Gasteiger partial charge in [-0.1, -0.05) is 61.2 Å². The second kappa shape index (κ2) is 6.01. The molecule has 2 heteroatoms. The van der Waals surface area contributed by atoms with Crippen molar-refractivity contribution in [3.63, 3.8) is 0 Å². The van der Waals surface area contributed by atoms with Crippen LogP contribution in [0.15, 0.2) is 61.2 Å². The molecule has 0 aliphatic heterocycles. The Kier molecular flexibility index (Phi) is 4.14. The van der Waals surface area contributed by atoms with E-state index >= 15 is 0 Å². The molecule has 2 aromatic rings. The van der Waals surface area contributed by atoms with Crippen molar-refractivity contribution in [3.05, 3.63) is 77.9 Å². The van der Waals surface area contributed by atoms with Gasteiger partial charge in [-0.05, 0) is 23.6 Å². The van der Waals surface area contributed by atoms with Gasteiger partial charge in [0.25, 0.3) is 0 Å². The van der Waals surface area contributed by atoms with Gasteiger partial charge in [0.2, 0.25) is 0 Å². The van der Waals surface area contributed by atoms with Crippen LogP contribution in [-0.2, 0) is 16.1 Å². The molecule has 0 fully saturated rings. The van der Waals surface area contributed by atoms with Crippen LogP contribution in [0.5, 0.6) is 0 Å². The Labute approximate surface area is 113 Å². The normalized spacial score (nSPS) is 9.95. The summed E-state index contributed by atoms with van der Waals surface area (Å²) >= 11 is 0. The second-order valence-corrected chi connectivity index (χ2v) is 4.35. The highest BCUT2D eigenvalue weighted by molar-refractivity contribution is 6.15. The van der Waals surface area contributed by atoms with Gasteiger partial charge >= 0.3 is 5.97 Å². The van der Waals surface area contributed by atoms with E-state index < -0.39 is 0 Å². The molecule has 96 valence electrons. The number of rotatable bonds is 4. The number of esters is 1. The van der Waals surface area contributed by atoms with E-state index in [0.717, 1.165) is 16.7 Å². The summed E-state index contributed by atoms with van der Waals surface area (Å²) in [5.74, 6) is -0.380. The van der Waals surface area contributed by atoms with Crippen molar-refractivity contribution in [1.29, 1.82) is 0 Å². The number of hydrogen-bond acceptors (Lipinski definition) is 2. The molecule has 2 rings (SSSR count). The van der Waals surface area contributed by atoms with E-state index in [2.05, 4.69) is 6.58 Å². The van der Waals surface area contributed by atoms with E-state index in [-0.39, 0.29) is 12.6 Å². The molecule has 0 heterocycles. The van der Waals surface area contributed by atoms with Crippen LogP contribution in [0.1, 0.15) is 16.7 Å². The predicted molar refractivity (Wildman–Crippen MR) is 76.5 cm³/mol. The van der Waals surface area contributed by atoms with Crippen molar-refractivity contribution in [2.75, 3.05) is 0 Å². The first-order valence-electron chi connectivity index (χ1n) is 6.14. The largest absolute Gasteiger partial charge is 0.457 e. The molecule has 0 bridgehead atoms. The minimum Gasteiger partial charge on any atom is -0.457 e. The van der Waals surface area contributed by atoms with Gasteiger partial charge in [0.1, 0.15) is 6.61 Å². The third kappa shape index (κ3) is 3.32. The lowest BCUT2D eigenvalue weighted by molar-refractivity contribution is -0.137. The van der Waals surface area contributed by atoms with Crippen molar-refractivity contribution in [1.82, 2.24) is 0 Å². The monoisotopic (exact) mass is 252 g/mol. The Morgan fingerprint density at radius 1 is 1.05 bits per heavy atom. The smallest absolute Gasteiger partial charge is 0.338 e. The second-order valence-electron chi connectivity index (χ2n) is 4.35. The van der Waals surface area contributed by atoms with Gasteiger partial charge in [0.15, 0.2) is 0 Å². The molecule has 0 atom stereocenters. The molecule has 0 aromatic heterocycles. The average molecular weight is 252 g/mol. The molecule has 2 nitrogen and oxygen atoms in total. The molecule has 0 saturated heterocycles. The first-order chi connectivity index (χ1) is 9.18. The standard InChI is InChI=1S/C17H16O2/c1-13-8-6-7-11-16(13)12-19-17(18)14(2)15-9-4-3-5-10-15/h3-11H,2,12H2,1H3. The highest BCUT2D eigenvalue weighted by Crippen LogP contribution is 2.15. The zero-order valence-corrected chi connectivity index (χ0v) is 10.9. The molecule has 0 N–H and O–H groups in total. The first-order valence-corrected chi connectivity index (χ1v) is 6.14. The molecule has 0 spiro atoms. The molecule has 19 heavy (non-hydrogen) atoms. The quantitative estimate of drug-likeness (QED) is 0.612. The number of carbonyl (C=O) groups excluding carboxylic acids is 1. The summed E-state index contributed by atoms with van der Waals surface area (Å²) in [6.07, 6.45) is 0. The zero-order valence-electron chi connectivity index (χ0n) is 10.9. The van der Waals surface area contributed by atoms with Crippen LogP contribution in [0.2, 0.25) is 0 Å². The summed E-state index contributed by atoms with van der Waals surface area (Å²) in [7, 11) is 0. The molecule has 0 radical (unpaired) electrons. The maximum absolute atomic E-state index is 11.9. The van der Waals surface area contributed by atoms with Crippen LogP contribution < -0.4 is 0 Å². The Morgan fingerprint density at radius 3 is 2.37 bits per heavy atom. The van der Waals surface area contributed by atoms with Gasteiger partial charge in [-0.2, -0.15) is 0 Å². The zero-order chi connectivity index (χ0) is 13.7. The van der Waals surface area contributed by atoms with E-state index in [4.69, 9.17) is 4.74 Å². The lowest BCUT2D eigenvalue weighted by atomic mass is 10.1. The number of carbonyl (C=O) groups is 1. The Bertz CT molecular complexity index is 585. The number of benzene rings is 2. The van der Waals surface area contributed by atoms with Crippen molar-refractivity contribution in [2.45, 2.75) is 13.5 Å². The highest BCUT2D eigenvalue weighted by Gasteiger charge is 2.11. The molecule has 0 amide bonds. The van der Waals surface area contributed by atoms with E-state index in [1.807, 2.05) is 61.5 Å². The number of hydrogen-bond donors (Lipinski definition) is 0. The van der Waals surface area contributed by atoms with Crippen molar-refractivity contribution < 1.29 is 9.53 Å². The van der Waals surface area contributed by atoms with E-state index in [1.54, 1.807) is 0 Å². The summed E-state index contributed by atoms with van der Waals surface area (Å²) < 4.78 is 5.29. The van der Waals surface area contributed by atoms with E-state index in [9.17, 15) is 4.79 Å². The Hall–Kier alpha value is -2.35. The molecular formula is C17H16O2. The fraction of sp³-hybridized carbons (Fsp3) is 0.118. The molecule has 0 aliphatic carbocycles. The van der Waals surface area contributed by atoms with E-state index in [1.165, 1.54) is 0 Å². The van der Waals surface area contributed by atoms with Crippen LogP contribution in [0.3, 0.4) is 0 Å². The van der Waals surface area contributed by atoms with Crippen molar-refractivity contribution >= 4 is 11.5 Å². The van der Waals surface area contributed by atoms with Crippen LogP contribution in [0.25, 0.3) is 5.57 Å². The number of aryl methyl sites for hydroxylation is 1. The fourth-order valence-corrected chi connectivity index (χ4v) is 1.76. The Balaban J connectivity index is 1.99. The minimum atomic E-state index is -0.380. The van der Waals surface area contributed by atoms with Gasteiger partial charge in [-0.25, -0.2) is 4.79 Å². The summed E-state index contributed by atoms with van der Waals surface area (Å²) in [5.41, 5.74) is 3.30. The lowest BCUT2D eigenvalue weighted by Crippen LogP contribution is -2.07. The predicted octanol–water partition coefficient (Wildman–Crippen LogP) is 3.75. The minimum absolute atomic E-state index is 0.275. The molecular weight excluding hydrogens is 236 g/mol. The van der Waals surface area contributed by atoms with Gasteiger partial charge in [-0.15, -0.1) is 0 Å². The lowest BCUT2D eigenvalue weighted by Gasteiger charge is -2.09. The maximum Gasteiger partial charge on any atom is 0.338 e. The third-order valence-corrected chi connectivity index (χ3v) is 2.99. The molecule has 2 aromatic carbocycles. The topological polar surface area (TPSA) is 26.3 Å². The fourth-order valence-electron chi connectivity index (χ4n) is 1.76. The third-order valence-electron chi connectivity index (χ3n) is 2.99.